The summed E-state index contributed by atoms with van der Waals surface area (Å²) in [6.07, 6.45) is 3.69. The maximum absolute atomic E-state index is 6.26. The number of hydrogen-bond donors (Lipinski definition) is 0. The highest BCUT2D eigenvalue weighted by Crippen LogP contribution is 2.41. The minimum Gasteiger partial charge on any atom is -0.456 e. The normalized spacial score (nSPS) is 11.6. The molecule has 0 saturated heterocycles. The summed E-state index contributed by atoms with van der Waals surface area (Å²) in [5.41, 5.74) is 9.71. The minimum atomic E-state index is 0.553. The van der Waals surface area contributed by atoms with Crippen LogP contribution in [-0.4, -0.2) is 24.5 Å². The molecule has 0 aliphatic heterocycles. The highest BCUT2D eigenvalue weighted by Gasteiger charge is 2.20. The van der Waals surface area contributed by atoms with E-state index in [4.69, 9.17) is 19.4 Å². The number of pyridine rings is 1. The van der Waals surface area contributed by atoms with Crippen LogP contribution >= 0.6 is 0 Å². The van der Waals surface area contributed by atoms with Gasteiger partial charge in [-0.15, -0.1) is 0 Å². The molecule has 0 spiro atoms. The zero-order chi connectivity index (χ0) is 33.0. The Morgan fingerprint density at radius 1 is 0.440 bits per heavy atom. The van der Waals surface area contributed by atoms with Gasteiger partial charge in [-0.25, -0.2) is 15.0 Å². The molecule has 4 heterocycles. The molecule has 10 rings (SSSR count). The summed E-state index contributed by atoms with van der Waals surface area (Å²) in [7, 11) is 0. The molecule has 6 heteroatoms. The standard InChI is InChI=1S/C44H27N5O/c1-3-12-28(13-4-1)42-46-43(29-14-5-2-6-15-29)48-44(47-42)35-27-45-25-24-37(35)49-36-19-9-7-16-32(36)33-23-22-30(26-38(33)49)31-18-11-21-40-41(31)34-17-8-10-20-39(34)50-40/h1-27H. The van der Waals surface area contributed by atoms with Crippen molar-refractivity contribution in [2.75, 3.05) is 0 Å². The summed E-state index contributed by atoms with van der Waals surface area (Å²) in [5, 5.41) is 4.53. The van der Waals surface area contributed by atoms with Crippen LogP contribution in [0, 0.1) is 0 Å². The fourth-order valence-corrected chi connectivity index (χ4v) is 7.10. The van der Waals surface area contributed by atoms with Crippen molar-refractivity contribution >= 4 is 43.7 Å². The number of fused-ring (bicyclic) bond motifs is 6. The molecule has 10 aromatic rings. The smallest absolute Gasteiger partial charge is 0.167 e. The van der Waals surface area contributed by atoms with Gasteiger partial charge in [-0.3, -0.25) is 4.98 Å². The molecular weight excluding hydrogens is 615 g/mol. The number of rotatable bonds is 5. The second kappa shape index (κ2) is 11.4. The number of benzene rings is 6. The molecule has 0 fully saturated rings. The summed E-state index contributed by atoms with van der Waals surface area (Å²) in [4.78, 5) is 19.6. The van der Waals surface area contributed by atoms with Gasteiger partial charge in [0, 0.05) is 45.1 Å². The first-order chi connectivity index (χ1) is 24.8. The molecule has 0 saturated carbocycles. The number of aromatic nitrogens is 5. The summed E-state index contributed by atoms with van der Waals surface area (Å²) in [5.74, 6) is 1.76. The Kier molecular flexibility index (Phi) is 6.39. The molecule has 50 heavy (non-hydrogen) atoms. The lowest BCUT2D eigenvalue weighted by molar-refractivity contribution is 0.669. The average molecular weight is 642 g/mol. The summed E-state index contributed by atoms with van der Waals surface area (Å²) in [6.45, 7) is 0. The molecular formula is C44H27N5O. The van der Waals surface area contributed by atoms with Crippen LogP contribution in [0.4, 0.5) is 0 Å². The first-order valence-corrected chi connectivity index (χ1v) is 16.6. The van der Waals surface area contributed by atoms with Crippen LogP contribution in [0.2, 0.25) is 0 Å². The molecule has 0 unspecified atom stereocenters. The van der Waals surface area contributed by atoms with Crippen molar-refractivity contribution in [1.29, 1.82) is 0 Å². The molecule has 0 N–H and O–H groups in total. The van der Waals surface area contributed by atoms with E-state index in [2.05, 4.69) is 76.3 Å². The summed E-state index contributed by atoms with van der Waals surface area (Å²) in [6, 6.07) is 51.9. The highest BCUT2D eigenvalue weighted by molar-refractivity contribution is 6.15. The number of nitrogens with zero attached hydrogens (tertiary/aromatic N) is 5. The van der Waals surface area contributed by atoms with Gasteiger partial charge < -0.3 is 8.98 Å². The van der Waals surface area contributed by atoms with E-state index in [-0.39, 0.29) is 0 Å². The number of para-hydroxylation sites is 2. The monoisotopic (exact) mass is 641 g/mol. The zero-order valence-corrected chi connectivity index (χ0v) is 26.7. The molecule has 0 aliphatic carbocycles. The molecule has 0 amide bonds. The topological polar surface area (TPSA) is 69.6 Å². The van der Waals surface area contributed by atoms with Gasteiger partial charge in [0.15, 0.2) is 17.5 Å². The predicted molar refractivity (Wildman–Crippen MR) is 201 cm³/mol. The van der Waals surface area contributed by atoms with Gasteiger partial charge in [0.05, 0.1) is 22.3 Å². The van der Waals surface area contributed by atoms with E-state index in [1.807, 2.05) is 97.3 Å². The maximum atomic E-state index is 6.26. The molecule has 234 valence electrons. The van der Waals surface area contributed by atoms with Gasteiger partial charge in [0.2, 0.25) is 0 Å². The Labute approximate surface area is 287 Å². The second-order valence-corrected chi connectivity index (χ2v) is 12.3. The van der Waals surface area contributed by atoms with Crippen LogP contribution in [0.5, 0.6) is 0 Å². The third-order valence-corrected chi connectivity index (χ3v) is 9.37. The third kappa shape index (κ3) is 4.50. The largest absolute Gasteiger partial charge is 0.456 e. The summed E-state index contributed by atoms with van der Waals surface area (Å²) >= 11 is 0. The van der Waals surface area contributed by atoms with E-state index < -0.39 is 0 Å². The first-order valence-electron chi connectivity index (χ1n) is 16.6. The van der Waals surface area contributed by atoms with Crippen LogP contribution in [0.25, 0.3) is 94.7 Å². The molecule has 0 radical (unpaired) electrons. The van der Waals surface area contributed by atoms with Crippen molar-refractivity contribution in [2.45, 2.75) is 0 Å². The average Bonchev–Trinajstić information content (AvgIpc) is 3.74. The van der Waals surface area contributed by atoms with E-state index in [9.17, 15) is 0 Å². The molecule has 0 bridgehead atoms. The fourth-order valence-electron chi connectivity index (χ4n) is 7.10. The molecule has 6 aromatic carbocycles. The Balaban J connectivity index is 1.23. The quantitative estimate of drug-likeness (QED) is 0.187. The lowest BCUT2D eigenvalue weighted by Crippen LogP contribution is -2.04. The summed E-state index contributed by atoms with van der Waals surface area (Å²) < 4.78 is 8.57. The van der Waals surface area contributed by atoms with Gasteiger partial charge in [0.1, 0.15) is 11.2 Å². The molecule has 4 aromatic heterocycles. The van der Waals surface area contributed by atoms with Crippen LogP contribution in [0.1, 0.15) is 0 Å². The molecule has 0 aliphatic rings. The van der Waals surface area contributed by atoms with E-state index in [1.54, 1.807) is 0 Å². The lowest BCUT2D eigenvalue weighted by atomic mass is 9.98. The minimum absolute atomic E-state index is 0.553. The van der Waals surface area contributed by atoms with Gasteiger partial charge >= 0.3 is 0 Å². The fraction of sp³-hybridized carbons (Fsp3) is 0. The van der Waals surface area contributed by atoms with Crippen LogP contribution in [0.15, 0.2) is 168 Å². The van der Waals surface area contributed by atoms with Gasteiger partial charge in [-0.2, -0.15) is 0 Å². The zero-order valence-electron chi connectivity index (χ0n) is 26.7. The van der Waals surface area contributed by atoms with Crippen molar-refractivity contribution < 1.29 is 4.42 Å². The molecule has 0 atom stereocenters. The molecule has 6 nitrogen and oxygen atoms in total. The third-order valence-electron chi connectivity index (χ3n) is 9.37. The van der Waals surface area contributed by atoms with E-state index in [1.165, 1.54) is 0 Å². The Bertz CT molecular complexity index is 2820. The van der Waals surface area contributed by atoms with Crippen molar-refractivity contribution in [1.82, 2.24) is 24.5 Å². The maximum Gasteiger partial charge on any atom is 0.167 e. The van der Waals surface area contributed by atoms with Gasteiger partial charge in [0.25, 0.3) is 0 Å². The van der Waals surface area contributed by atoms with E-state index >= 15 is 0 Å². The predicted octanol–water partition coefficient (Wildman–Crippen LogP) is 10.9. The van der Waals surface area contributed by atoms with Gasteiger partial charge in [-0.1, -0.05) is 121 Å². The van der Waals surface area contributed by atoms with Gasteiger partial charge in [-0.05, 0) is 41.5 Å². The number of hydrogen-bond acceptors (Lipinski definition) is 5. The Hall–Kier alpha value is -6.92. The van der Waals surface area contributed by atoms with Crippen molar-refractivity contribution in [3.8, 4) is 51.0 Å². The highest BCUT2D eigenvalue weighted by atomic mass is 16.3. The van der Waals surface area contributed by atoms with Crippen molar-refractivity contribution in [3.63, 3.8) is 0 Å². The Morgan fingerprint density at radius 3 is 1.86 bits per heavy atom. The Morgan fingerprint density at radius 2 is 1.08 bits per heavy atom. The van der Waals surface area contributed by atoms with Crippen LogP contribution in [-0.2, 0) is 0 Å². The van der Waals surface area contributed by atoms with Crippen LogP contribution < -0.4 is 0 Å². The lowest BCUT2D eigenvalue weighted by Gasteiger charge is -2.14. The van der Waals surface area contributed by atoms with Crippen molar-refractivity contribution in [3.05, 3.63) is 164 Å². The first kappa shape index (κ1) is 28.1. The number of furan rings is 1. The van der Waals surface area contributed by atoms with E-state index in [0.29, 0.717) is 17.5 Å². The van der Waals surface area contributed by atoms with Crippen molar-refractivity contribution in [2.24, 2.45) is 0 Å². The SMILES string of the molecule is c1ccc(-c2nc(-c3ccccc3)nc(-c3cnccc3-n3c4ccccc4c4ccc(-c5cccc6oc7ccccc7c56)cc43)n2)cc1. The van der Waals surface area contributed by atoms with E-state index in [0.717, 1.165) is 77.2 Å². The van der Waals surface area contributed by atoms with Crippen LogP contribution in [0.3, 0.4) is 0 Å². The second-order valence-electron chi connectivity index (χ2n) is 12.3.